The largest absolute Gasteiger partial charge is 0.325 e. The van der Waals surface area contributed by atoms with Crippen molar-refractivity contribution in [3.8, 4) is 0 Å². The molecule has 1 heterocycles. The van der Waals surface area contributed by atoms with Crippen molar-refractivity contribution < 1.29 is 18.1 Å². The molecule has 0 bridgehead atoms. The number of carbonyl (C=O) groups is 1. The summed E-state index contributed by atoms with van der Waals surface area (Å²) in [6.07, 6.45) is 0. The molecule has 0 aliphatic rings. The minimum Gasteiger partial charge on any atom is -0.325 e. The predicted octanol–water partition coefficient (Wildman–Crippen LogP) is 1.43. The summed E-state index contributed by atoms with van der Waals surface area (Å²) in [4.78, 5) is 14.7. The Bertz CT molecular complexity index is 799. The van der Waals surface area contributed by atoms with Crippen LogP contribution in [-0.4, -0.2) is 45.3 Å². The molecular weight excluding hydrogens is 370 g/mol. The van der Waals surface area contributed by atoms with Crippen LogP contribution in [0, 0.1) is 0 Å². The number of sulfonamides is 1. The van der Waals surface area contributed by atoms with E-state index in [9.17, 15) is 13.2 Å². The van der Waals surface area contributed by atoms with Crippen molar-refractivity contribution in [2.45, 2.75) is 25.3 Å². The summed E-state index contributed by atoms with van der Waals surface area (Å²) in [7, 11) is -1.51. The molecule has 1 unspecified atom stereocenters. The molecule has 2 aromatic rings. The lowest BCUT2D eigenvalue weighted by molar-refractivity contribution is -0.884. The fraction of sp³-hybridized carbons (Fsp3) is 0.389. The van der Waals surface area contributed by atoms with E-state index in [1.54, 1.807) is 23.5 Å². The zero-order valence-electron chi connectivity index (χ0n) is 15.4. The van der Waals surface area contributed by atoms with Crippen LogP contribution in [0.5, 0.6) is 0 Å². The summed E-state index contributed by atoms with van der Waals surface area (Å²) in [5.74, 6) is -0.0987. The van der Waals surface area contributed by atoms with Crippen LogP contribution >= 0.6 is 11.3 Å². The number of thiophene rings is 1. The molecular formula is C18H26N3O3S2+. The quantitative estimate of drug-likeness (QED) is 0.674. The molecule has 0 saturated carbocycles. The predicted molar refractivity (Wildman–Crippen MR) is 105 cm³/mol. The summed E-state index contributed by atoms with van der Waals surface area (Å²) < 4.78 is 26.3. The number of likely N-dealkylation sites (N-methyl/N-ethyl adjacent to an activating group) is 1. The number of hydrogen-bond acceptors (Lipinski definition) is 4. The van der Waals surface area contributed by atoms with Crippen molar-refractivity contribution >= 4 is 33.0 Å². The first-order chi connectivity index (χ1) is 12.4. The average molecular weight is 397 g/mol. The third-order valence-corrected chi connectivity index (χ3v) is 6.94. The highest BCUT2D eigenvalue weighted by molar-refractivity contribution is 7.89. The zero-order chi connectivity index (χ0) is 19.2. The van der Waals surface area contributed by atoms with Gasteiger partial charge in [-0.3, -0.25) is 4.79 Å². The highest BCUT2D eigenvalue weighted by Gasteiger charge is 2.21. The minimum atomic E-state index is -3.48. The van der Waals surface area contributed by atoms with Gasteiger partial charge < -0.3 is 10.2 Å². The molecule has 1 aromatic heterocycles. The molecule has 1 amide bonds. The van der Waals surface area contributed by atoms with Gasteiger partial charge in [0.15, 0.2) is 6.54 Å². The SMILES string of the molecule is CCN(CC)S(=O)(=O)c1ccc(NC(=O)C[NH+](C)Cc2cccs2)cc1. The fourth-order valence-corrected chi connectivity index (χ4v) is 4.95. The maximum atomic E-state index is 12.5. The molecule has 0 spiro atoms. The molecule has 0 aliphatic heterocycles. The highest BCUT2D eigenvalue weighted by Crippen LogP contribution is 2.18. The van der Waals surface area contributed by atoms with E-state index in [4.69, 9.17) is 0 Å². The number of carbonyl (C=O) groups excluding carboxylic acids is 1. The van der Waals surface area contributed by atoms with Crippen molar-refractivity contribution in [2.75, 3.05) is 32.0 Å². The van der Waals surface area contributed by atoms with Gasteiger partial charge in [0.05, 0.1) is 16.8 Å². The van der Waals surface area contributed by atoms with E-state index >= 15 is 0 Å². The number of amides is 1. The number of nitrogens with one attached hydrogen (secondary N) is 2. The maximum absolute atomic E-state index is 12.5. The highest BCUT2D eigenvalue weighted by atomic mass is 32.2. The molecule has 0 saturated heterocycles. The second-order valence-electron chi connectivity index (χ2n) is 6.05. The van der Waals surface area contributed by atoms with Crippen LogP contribution in [0.15, 0.2) is 46.7 Å². The average Bonchev–Trinajstić information content (AvgIpc) is 3.08. The van der Waals surface area contributed by atoms with Crippen LogP contribution in [-0.2, 0) is 21.4 Å². The van der Waals surface area contributed by atoms with Crippen LogP contribution in [0.2, 0.25) is 0 Å². The van der Waals surface area contributed by atoms with Gasteiger partial charge in [0, 0.05) is 18.8 Å². The Balaban J connectivity index is 1.95. The standard InChI is InChI=1S/C18H25N3O3S2/c1-4-21(5-2)26(23,24)17-10-8-15(9-11-17)19-18(22)14-20(3)13-16-7-6-12-25-16/h6-12H,4-5,13-14H2,1-3H3,(H,19,22)/p+1. The molecule has 0 aliphatic carbocycles. The van der Waals surface area contributed by atoms with E-state index in [0.29, 0.717) is 25.3 Å². The third-order valence-electron chi connectivity index (χ3n) is 4.00. The van der Waals surface area contributed by atoms with Crippen LogP contribution in [0.4, 0.5) is 5.69 Å². The first-order valence-electron chi connectivity index (χ1n) is 8.60. The minimum absolute atomic E-state index is 0.0987. The van der Waals surface area contributed by atoms with E-state index in [1.807, 2.05) is 32.3 Å². The summed E-state index contributed by atoms with van der Waals surface area (Å²) in [6, 6.07) is 10.4. The van der Waals surface area contributed by atoms with Gasteiger partial charge in [0.1, 0.15) is 6.54 Å². The smallest absolute Gasteiger partial charge is 0.279 e. The Labute approximate surface area is 159 Å². The molecule has 0 radical (unpaired) electrons. The fourth-order valence-electron chi connectivity index (χ4n) is 2.68. The van der Waals surface area contributed by atoms with Crippen molar-refractivity contribution in [3.05, 3.63) is 46.7 Å². The Kier molecular flexibility index (Phi) is 7.33. The normalized spacial score (nSPS) is 12.9. The summed E-state index contributed by atoms with van der Waals surface area (Å²) >= 11 is 1.68. The van der Waals surface area contributed by atoms with Gasteiger partial charge in [-0.1, -0.05) is 19.9 Å². The zero-order valence-corrected chi connectivity index (χ0v) is 17.0. The molecule has 8 heteroatoms. The number of nitrogens with zero attached hydrogens (tertiary/aromatic N) is 1. The van der Waals surface area contributed by atoms with Crippen LogP contribution < -0.4 is 10.2 Å². The Morgan fingerprint density at radius 1 is 1.15 bits per heavy atom. The van der Waals surface area contributed by atoms with Crippen LogP contribution in [0.3, 0.4) is 0 Å². The summed E-state index contributed by atoms with van der Waals surface area (Å²) in [5.41, 5.74) is 0.595. The second-order valence-corrected chi connectivity index (χ2v) is 9.02. The van der Waals surface area contributed by atoms with E-state index in [0.717, 1.165) is 11.4 Å². The number of rotatable bonds is 9. The molecule has 1 atom stereocenters. The molecule has 26 heavy (non-hydrogen) atoms. The van der Waals surface area contributed by atoms with E-state index in [2.05, 4.69) is 11.4 Å². The lowest BCUT2D eigenvalue weighted by atomic mass is 10.3. The van der Waals surface area contributed by atoms with E-state index in [1.165, 1.54) is 21.3 Å². The van der Waals surface area contributed by atoms with Gasteiger partial charge in [0.2, 0.25) is 10.0 Å². The summed E-state index contributed by atoms with van der Waals surface area (Å²) in [6.45, 7) is 5.62. The summed E-state index contributed by atoms with van der Waals surface area (Å²) in [5, 5.41) is 4.85. The van der Waals surface area contributed by atoms with Gasteiger partial charge in [-0.05, 0) is 35.7 Å². The second kappa shape index (κ2) is 9.27. The topological polar surface area (TPSA) is 70.9 Å². The molecule has 2 rings (SSSR count). The number of quaternary nitrogens is 1. The van der Waals surface area contributed by atoms with Crippen molar-refractivity contribution in [1.82, 2.24) is 4.31 Å². The van der Waals surface area contributed by atoms with Crippen molar-refractivity contribution in [1.29, 1.82) is 0 Å². The van der Waals surface area contributed by atoms with Crippen LogP contribution in [0.1, 0.15) is 18.7 Å². The maximum Gasteiger partial charge on any atom is 0.279 e. The third kappa shape index (κ3) is 5.38. The Hall–Kier alpha value is -1.74. The molecule has 1 aromatic carbocycles. The van der Waals surface area contributed by atoms with Gasteiger partial charge >= 0.3 is 0 Å². The number of anilines is 1. The molecule has 6 nitrogen and oxygen atoms in total. The number of benzene rings is 1. The Morgan fingerprint density at radius 2 is 1.81 bits per heavy atom. The first-order valence-corrected chi connectivity index (χ1v) is 10.9. The van der Waals surface area contributed by atoms with Gasteiger partial charge in [-0.2, -0.15) is 4.31 Å². The van der Waals surface area contributed by atoms with Crippen LogP contribution in [0.25, 0.3) is 0 Å². The Morgan fingerprint density at radius 3 is 2.35 bits per heavy atom. The van der Waals surface area contributed by atoms with Gasteiger partial charge in [-0.25, -0.2) is 8.42 Å². The molecule has 142 valence electrons. The lowest BCUT2D eigenvalue weighted by Crippen LogP contribution is -3.08. The first kappa shape index (κ1) is 20.6. The van der Waals surface area contributed by atoms with Crippen molar-refractivity contribution in [3.63, 3.8) is 0 Å². The lowest BCUT2D eigenvalue weighted by Gasteiger charge is -2.18. The van der Waals surface area contributed by atoms with Gasteiger partial charge in [-0.15, -0.1) is 11.3 Å². The monoisotopic (exact) mass is 396 g/mol. The number of hydrogen-bond donors (Lipinski definition) is 2. The van der Waals surface area contributed by atoms with Crippen molar-refractivity contribution in [2.24, 2.45) is 0 Å². The molecule has 0 fully saturated rings. The van der Waals surface area contributed by atoms with Gasteiger partial charge in [0.25, 0.3) is 5.91 Å². The van der Waals surface area contributed by atoms with E-state index < -0.39 is 10.0 Å². The molecule has 2 N–H and O–H groups in total. The van der Waals surface area contributed by atoms with E-state index in [-0.39, 0.29) is 10.8 Å².